The number of nitrogens with zero attached hydrogens (tertiary/aromatic N) is 2. The number of amides is 1. The van der Waals surface area contributed by atoms with Crippen LogP contribution in [0.5, 0.6) is 5.88 Å². The summed E-state index contributed by atoms with van der Waals surface area (Å²) in [6.45, 7) is 1.46. The minimum absolute atomic E-state index is 0.0187. The van der Waals surface area contributed by atoms with E-state index >= 15 is 0 Å². The zero-order valence-electron chi connectivity index (χ0n) is 14.9. The minimum atomic E-state index is -4.47. The quantitative estimate of drug-likeness (QED) is 0.617. The average molecular weight is 381 g/mol. The molecule has 0 aliphatic rings. The second kappa shape index (κ2) is 8.52. The van der Waals surface area contributed by atoms with Crippen LogP contribution in [0.2, 0.25) is 0 Å². The number of carbonyl (C=O) groups excluding carboxylic acids is 1. The molecule has 9 heteroatoms. The van der Waals surface area contributed by atoms with Crippen molar-refractivity contribution in [3.63, 3.8) is 0 Å². The van der Waals surface area contributed by atoms with E-state index in [1.807, 2.05) is 0 Å². The molecule has 0 radical (unpaired) electrons. The minimum Gasteiger partial charge on any atom is -0.473 e. The number of hydrogen-bond donors (Lipinski definition) is 1. The first kappa shape index (κ1) is 20.2. The smallest absolute Gasteiger partial charge is 0.417 e. The lowest BCUT2D eigenvalue weighted by Gasteiger charge is -2.14. The number of pyridine rings is 1. The second-order valence-electron chi connectivity index (χ2n) is 5.49. The van der Waals surface area contributed by atoms with E-state index in [0.29, 0.717) is 11.1 Å². The van der Waals surface area contributed by atoms with E-state index in [1.165, 1.54) is 21.1 Å². The molecule has 0 aliphatic heterocycles. The first-order valence-electron chi connectivity index (χ1n) is 7.86. The SMILES string of the molecule is CNC(=O)/C(=N/OC)c1ccccc1COc1ncc(C(F)(F)F)cc1C. The fourth-order valence-electron chi connectivity index (χ4n) is 2.31. The summed E-state index contributed by atoms with van der Waals surface area (Å²) in [5.74, 6) is -0.379. The van der Waals surface area contributed by atoms with Crippen molar-refractivity contribution in [1.29, 1.82) is 0 Å². The summed E-state index contributed by atoms with van der Waals surface area (Å²) in [7, 11) is 2.78. The van der Waals surface area contributed by atoms with E-state index in [2.05, 4.69) is 15.5 Å². The third kappa shape index (κ3) is 4.96. The van der Waals surface area contributed by atoms with Gasteiger partial charge in [0.25, 0.3) is 5.91 Å². The normalized spacial score (nSPS) is 11.9. The summed E-state index contributed by atoms with van der Waals surface area (Å²) >= 11 is 0. The molecule has 27 heavy (non-hydrogen) atoms. The Morgan fingerprint density at radius 3 is 2.59 bits per heavy atom. The van der Waals surface area contributed by atoms with Crippen molar-refractivity contribution in [2.24, 2.45) is 5.16 Å². The zero-order chi connectivity index (χ0) is 20.0. The molecule has 0 atom stereocenters. The van der Waals surface area contributed by atoms with Crippen molar-refractivity contribution < 1.29 is 27.5 Å². The number of oxime groups is 1. The number of hydrogen-bond acceptors (Lipinski definition) is 5. The van der Waals surface area contributed by atoms with Crippen molar-refractivity contribution in [2.45, 2.75) is 19.7 Å². The Bertz CT molecular complexity index is 851. The average Bonchev–Trinajstić information content (AvgIpc) is 2.64. The molecule has 1 heterocycles. The summed E-state index contributed by atoms with van der Waals surface area (Å²) in [6, 6.07) is 7.80. The Hall–Kier alpha value is -3.10. The molecule has 0 bridgehead atoms. The number of rotatable bonds is 6. The monoisotopic (exact) mass is 381 g/mol. The topological polar surface area (TPSA) is 72.8 Å². The molecule has 2 aromatic rings. The van der Waals surface area contributed by atoms with Crippen molar-refractivity contribution in [1.82, 2.24) is 10.3 Å². The Kier molecular flexibility index (Phi) is 6.38. The molecule has 144 valence electrons. The highest BCUT2D eigenvalue weighted by Crippen LogP contribution is 2.31. The molecule has 6 nitrogen and oxygen atoms in total. The van der Waals surface area contributed by atoms with E-state index < -0.39 is 17.6 Å². The Morgan fingerprint density at radius 1 is 1.30 bits per heavy atom. The summed E-state index contributed by atoms with van der Waals surface area (Å²) in [5, 5.41) is 6.21. The van der Waals surface area contributed by atoms with Crippen LogP contribution >= 0.6 is 0 Å². The largest absolute Gasteiger partial charge is 0.473 e. The fraction of sp³-hybridized carbons (Fsp3) is 0.278. The maximum Gasteiger partial charge on any atom is 0.417 e. The van der Waals surface area contributed by atoms with Gasteiger partial charge < -0.3 is 14.9 Å². The van der Waals surface area contributed by atoms with Crippen LogP contribution in [0.4, 0.5) is 13.2 Å². The Morgan fingerprint density at radius 2 is 2.00 bits per heavy atom. The molecule has 0 spiro atoms. The molecule has 1 aromatic heterocycles. The van der Waals surface area contributed by atoms with Gasteiger partial charge in [0.2, 0.25) is 5.88 Å². The lowest BCUT2D eigenvalue weighted by atomic mass is 10.0. The van der Waals surface area contributed by atoms with Gasteiger partial charge in [-0.15, -0.1) is 0 Å². The van der Waals surface area contributed by atoms with Crippen LogP contribution < -0.4 is 10.1 Å². The molecular weight excluding hydrogens is 363 g/mol. The predicted octanol–water partition coefficient (Wildman–Crippen LogP) is 3.08. The van der Waals surface area contributed by atoms with Crippen LogP contribution in [0.15, 0.2) is 41.7 Å². The van der Waals surface area contributed by atoms with E-state index in [1.54, 1.807) is 24.3 Å². The van der Waals surface area contributed by atoms with Crippen LogP contribution in [0.3, 0.4) is 0 Å². The summed E-state index contributed by atoms with van der Waals surface area (Å²) in [6.07, 6.45) is -3.75. The van der Waals surface area contributed by atoms with Gasteiger partial charge in [-0.05, 0) is 18.6 Å². The van der Waals surface area contributed by atoms with Gasteiger partial charge in [0, 0.05) is 24.4 Å². The van der Waals surface area contributed by atoms with Gasteiger partial charge in [0.05, 0.1) is 5.56 Å². The highest BCUT2D eigenvalue weighted by molar-refractivity contribution is 6.45. The Labute approximate surface area is 154 Å². The molecule has 0 aliphatic carbocycles. The molecule has 1 amide bonds. The van der Waals surface area contributed by atoms with Gasteiger partial charge in [-0.2, -0.15) is 13.2 Å². The maximum atomic E-state index is 12.7. The van der Waals surface area contributed by atoms with E-state index in [0.717, 1.165) is 12.3 Å². The highest BCUT2D eigenvalue weighted by atomic mass is 19.4. The number of ether oxygens (including phenoxy) is 1. The van der Waals surface area contributed by atoms with Crippen LogP contribution in [0.25, 0.3) is 0 Å². The number of nitrogens with one attached hydrogen (secondary N) is 1. The first-order chi connectivity index (χ1) is 12.8. The van der Waals surface area contributed by atoms with E-state index in [-0.39, 0.29) is 23.8 Å². The number of halogens is 3. The molecule has 1 aromatic carbocycles. The van der Waals surface area contributed by atoms with E-state index in [4.69, 9.17) is 9.57 Å². The predicted molar refractivity (Wildman–Crippen MR) is 92.4 cm³/mol. The number of aryl methyl sites for hydroxylation is 1. The maximum absolute atomic E-state index is 12.7. The number of likely N-dealkylation sites (N-methyl/N-ethyl adjacent to an activating group) is 1. The summed E-state index contributed by atoms with van der Waals surface area (Å²) in [4.78, 5) is 20.5. The van der Waals surface area contributed by atoms with Crippen LogP contribution in [0.1, 0.15) is 22.3 Å². The number of benzene rings is 1. The molecule has 0 unspecified atom stereocenters. The summed E-state index contributed by atoms with van der Waals surface area (Å²) < 4.78 is 43.8. The van der Waals surface area contributed by atoms with Crippen molar-refractivity contribution in [3.05, 3.63) is 58.8 Å². The van der Waals surface area contributed by atoms with Crippen molar-refractivity contribution >= 4 is 11.6 Å². The van der Waals surface area contributed by atoms with Gasteiger partial charge in [-0.1, -0.05) is 29.4 Å². The molecule has 1 N–H and O–H groups in total. The number of alkyl halides is 3. The molecule has 0 saturated heterocycles. The standard InChI is InChI=1S/C18H18F3N3O3/c1-11-8-13(18(19,20)21)9-23-17(11)27-10-12-6-4-5-7-14(12)15(24-26-3)16(25)22-2/h4-9H,10H2,1-3H3,(H,22,25)/b24-15+. The van der Waals surface area contributed by atoms with Crippen LogP contribution in [-0.2, 0) is 22.4 Å². The summed E-state index contributed by atoms with van der Waals surface area (Å²) in [5.41, 5.74) is 0.527. The van der Waals surface area contributed by atoms with Gasteiger partial charge in [0.15, 0.2) is 5.71 Å². The highest BCUT2D eigenvalue weighted by Gasteiger charge is 2.31. The van der Waals surface area contributed by atoms with Gasteiger partial charge in [0.1, 0.15) is 13.7 Å². The van der Waals surface area contributed by atoms with Gasteiger partial charge in [-0.25, -0.2) is 4.98 Å². The lowest BCUT2D eigenvalue weighted by Crippen LogP contribution is -2.29. The molecule has 0 fully saturated rings. The van der Waals surface area contributed by atoms with Crippen LogP contribution in [0, 0.1) is 6.92 Å². The van der Waals surface area contributed by atoms with E-state index in [9.17, 15) is 18.0 Å². The van der Waals surface area contributed by atoms with Crippen molar-refractivity contribution in [3.8, 4) is 5.88 Å². The lowest BCUT2D eigenvalue weighted by molar-refractivity contribution is -0.137. The molecule has 0 saturated carbocycles. The van der Waals surface area contributed by atoms with Crippen molar-refractivity contribution in [2.75, 3.05) is 14.2 Å². The molecule has 2 rings (SSSR count). The Balaban J connectivity index is 2.27. The number of carbonyl (C=O) groups is 1. The number of aromatic nitrogens is 1. The second-order valence-corrected chi connectivity index (χ2v) is 5.49. The van der Waals surface area contributed by atoms with Gasteiger partial charge in [-0.3, -0.25) is 4.79 Å². The third-order valence-corrected chi connectivity index (χ3v) is 3.62. The zero-order valence-corrected chi connectivity index (χ0v) is 14.9. The fourth-order valence-corrected chi connectivity index (χ4v) is 2.31. The van der Waals surface area contributed by atoms with Crippen LogP contribution in [-0.4, -0.2) is 30.8 Å². The third-order valence-electron chi connectivity index (χ3n) is 3.62. The first-order valence-corrected chi connectivity index (χ1v) is 7.86. The van der Waals surface area contributed by atoms with Gasteiger partial charge >= 0.3 is 6.18 Å². The molecular formula is C18H18F3N3O3.